The van der Waals surface area contributed by atoms with E-state index in [4.69, 9.17) is 15.8 Å². The van der Waals surface area contributed by atoms with Crippen LogP contribution in [0.25, 0.3) is 0 Å². The molecular formula is C5H4Cl3NO2S3. The van der Waals surface area contributed by atoms with Gasteiger partial charge in [-0.3, -0.25) is 4.79 Å². The number of thiazole rings is 1. The summed E-state index contributed by atoms with van der Waals surface area (Å²) in [6.07, 6.45) is 1.90. The van der Waals surface area contributed by atoms with E-state index in [9.17, 15) is 4.79 Å². The molecule has 0 fully saturated rings. The minimum absolute atomic E-state index is 0.344. The van der Waals surface area contributed by atoms with Crippen LogP contribution < -0.4 is 0 Å². The molecule has 0 aliphatic rings. The zero-order valence-electron chi connectivity index (χ0n) is 6.70. The molecule has 80 valence electrons. The van der Waals surface area contributed by atoms with Crippen molar-refractivity contribution in [1.29, 1.82) is 0 Å². The Bertz CT molecular complexity index is 326. The number of carbonyl (C=O) groups is 1. The van der Waals surface area contributed by atoms with Crippen LogP contribution in [0.4, 0.5) is 0 Å². The van der Waals surface area contributed by atoms with Crippen LogP contribution in [-0.4, -0.2) is 20.7 Å². The highest BCUT2D eigenvalue weighted by atomic mass is 36.0. The minimum Gasteiger partial charge on any atom is -0.274 e. The van der Waals surface area contributed by atoms with Crippen LogP contribution in [0.3, 0.4) is 0 Å². The molecule has 0 spiro atoms. The van der Waals surface area contributed by atoms with Gasteiger partial charge in [-0.15, -0.1) is 11.3 Å². The fourth-order valence-corrected chi connectivity index (χ4v) is 1.84. The Balaban J connectivity index is 0.000000364. The van der Waals surface area contributed by atoms with E-state index in [-0.39, 0.29) is 0 Å². The maximum absolute atomic E-state index is 10.5. The Morgan fingerprint density at radius 2 is 2.14 bits per heavy atom. The van der Waals surface area contributed by atoms with Crippen molar-refractivity contribution in [2.45, 2.75) is 4.34 Å². The molecule has 0 radical (unpaired) electrons. The summed E-state index contributed by atoms with van der Waals surface area (Å²) < 4.78 is 9.95. The zero-order chi connectivity index (χ0) is 11.1. The van der Waals surface area contributed by atoms with Crippen molar-refractivity contribution in [2.24, 2.45) is 0 Å². The molecule has 0 atom stereocenters. The molecule has 0 bridgehead atoms. The molecule has 0 aliphatic carbocycles. The van der Waals surface area contributed by atoms with E-state index in [1.54, 1.807) is 5.38 Å². The van der Waals surface area contributed by atoms with Crippen molar-refractivity contribution in [3.8, 4) is 0 Å². The molecule has 0 saturated carbocycles. The van der Waals surface area contributed by atoms with Crippen LogP contribution in [0.15, 0.2) is 9.72 Å². The van der Waals surface area contributed by atoms with Gasteiger partial charge < -0.3 is 0 Å². The molecular weight excluding hydrogens is 309 g/mol. The number of carbonyl (C=O) groups excluding carboxylic acids is 1. The number of hydrogen-bond acceptors (Lipinski definition) is 5. The van der Waals surface area contributed by atoms with Gasteiger partial charge in [0.05, 0.1) is 0 Å². The Hall–Kier alpha value is 0.670. The summed E-state index contributed by atoms with van der Waals surface area (Å²) in [6, 6.07) is 0. The first-order valence-electron chi connectivity index (χ1n) is 2.91. The molecule has 0 saturated heterocycles. The van der Waals surface area contributed by atoms with Gasteiger partial charge in [-0.25, -0.2) is 9.19 Å². The van der Waals surface area contributed by atoms with Gasteiger partial charge in [0.15, 0.2) is 0 Å². The quantitative estimate of drug-likeness (QED) is 0.621. The average molecular weight is 313 g/mol. The topological polar surface area (TPSA) is 47.0 Å². The lowest BCUT2D eigenvalue weighted by molar-refractivity contribution is 0.107. The van der Waals surface area contributed by atoms with Gasteiger partial charge >= 0.3 is 0 Å². The number of halogens is 3. The molecule has 0 N–H and O–H groups in total. The molecule has 1 aromatic rings. The minimum atomic E-state index is -1.67. The lowest BCUT2D eigenvalue weighted by Crippen LogP contribution is -1.86. The second-order valence-electron chi connectivity index (χ2n) is 1.66. The highest BCUT2D eigenvalue weighted by Gasteiger charge is 2.05. The molecule has 0 unspecified atom stereocenters. The van der Waals surface area contributed by atoms with Gasteiger partial charge in [-0.1, -0.05) is 11.8 Å². The van der Waals surface area contributed by atoms with Crippen molar-refractivity contribution >= 4 is 70.5 Å². The first-order valence-corrected chi connectivity index (χ1v) is 8.19. The molecule has 9 heteroatoms. The van der Waals surface area contributed by atoms with Gasteiger partial charge in [-0.2, -0.15) is 0 Å². The fraction of sp³-hybridized carbons (Fsp3) is 0.200. The van der Waals surface area contributed by atoms with Crippen LogP contribution in [0, 0.1) is 0 Å². The van der Waals surface area contributed by atoms with E-state index in [1.165, 1.54) is 23.1 Å². The normalized spacial score (nSPS) is 9.50. The highest BCUT2D eigenvalue weighted by Crippen LogP contribution is 2.20. The largest absolute Gasteiger partial charge is 0.274 e. The van der Waals surface area contributed by atoms with Gasteiger partial charge in [0.25, 0.3) is 5.24 Å². The van der Waals surface area contributed by atoms with E-state index in [1.807, 2.05) is 6.26 Å². The van der Waals surface area contributed by atoms with Gasteiger partial charge in [0, 0.05) is 26.7 Å². The summed E-state index contributed by atoms with van der Waals surface area (Å²) in [5, 5.41) is 1.16. The predicted molar refractivity (Wildman–Crippen MR) is 63.9 cm³/mol. The summed E-state index contributed by atoms with van der Waals surface area (Å²) in [4.78, 5) is 14.4. The molecule has 0 amide bonds. The van der Waals surface area contributed by atoms with E-state index >= 15 is 0 Å². The van der Waals surface area contributed by atoms with Crippen LogP contribution in [0.1, 0.15) is 10.5 Å². The average Bonchev–Trinajstić information content (AvgIpc) is 2.50. The lowest BCUT2D eigenvalue weighted by atomic mass is 10.6. The van der Waals surface area contributed by atoms with Gasteiger partial charge in [0.1, 0.15) is 10.0 Å². The maximum Gasteiger partial charge on any atom is 0.271 e. The van der Waals surface area contributed by atoms with Crippen LogP contribution in [0.2, 0.25) is 0 Å². The van der Waals surface area contributed by atoms with Crippen molar-refractivity contribution in [1.82, 2.24) is 4.98 Å². The number of rotatable bonds is 2. The first kappa shape index (κ1) is 14.7. The molecule has 0 aliphatic heterocycles. The van der Waals surface area contributed by atoms with E-state index in [0.717, 1.165) is 4.34 Å². The summed E-state index contributed by atoms with van der Waals surface area (Å²) in [5.74, 6) is 0. The van der Waals surface area contributed by atoms with E-state index in [0.29, 0.717) is 5.69 Å². The first-order chi connectivity index (χ1) is 6.47. The highest BCUT2D eigenvalue weighted by molar-refractivity contribution is 8.26. The Morgan fingerprint density at radius 3 is 2.36 bits per heavy atom. The third-order valence-corrected chi connectivity index (χ3v) is 2.92. The van der Waals surface area contributed by atoms with Crippen molar-refractivity contribution in [3.63, 3.8) is 0 Å². The molecule has 0 aromatic carbocycles. The smallest absolute Gasteiger partial charge is 0.271 e. The van der Waals surface area contributed by atoms with E-state index in [2.05, 4.69) is 26.3 Å². The summed E-state index contributed by atoms with van der Waals surface area (Å²) >= 11 is 8.10. The molecule has 1 aromatic heterocycles. The van der Waals surface area contributed by atoms with Crippen molar-refractivity contribution in [2.75, 3.05) is 6.26 Å². The summed E-state index contributed by atoms with van der Waals surface area (Å²) in [6.45, 7) is 0. The Morgan fingerprint density at radius 1 is 1.64 bits per heavy atom. The van der Waals surface area contributed by atoms with Crippen LogP contribution in [-0.2, 0) is 9.23 Å². The second-order valence-corrected chi connectivity index (χ2v) is 6.44. The second kappa shape index (κ2) is 7.90. The maximum atomic E-state index is 10.5. The number of hydrogen-bond donors (Lipinski definition) is 0. The fourth-order valence-electron chi connectivity index (χ4n) is 0.441. The molecule has 1 rings (SSSR count). The Labute approximate surface area is 106 Å². The summed E-state index contributed by atoms with van der Waals surface area (Å²) in [5.41, 5.74) is 0.344. The molecule has 14 heavy (non-hydrogen) atoms. The van der Waals surface area contributed by atoms with Gasteiger partial charge in [0.2, 0.25) is 9.23 Å². The van der Waals surface area contributed by atoms with Crippen LogP contribution >= 0.6 is 56.1 Å². The van der Waals surface area contributed by atoms with Crippen LogP contribution in [0.5, 0.6) is 0 Å². The zero-order valence-corrected chi connectivity index (χ0v) is 11.4. The summed E-state index contributed by atoms with van der Waals surface area (Å²) in [7, 11) is 7.36. The number of thioether (sulfide) groups is 1. The predicted octanol–water partition coefficient (Wildman–Crippen LogP) is 3.29. The van der Waals surface area contributed by atoms with E-state index < -0.39 is 14.5 Å². The Kier molecular flexibility index (Phi) is 8.27. The van der Waals surface area contributed by atoms with Crippen molar-refractivity contribution in [3.05, 3.63) is 11.1 Å². The third-order valence-electron chi connectivity index (χ3n) is 0.859. The molecule has 1 heterocycles. The van der Waals surface area contributed by atoms with Crippen molar-refractivity contribution < 1.29 is 9.00 Å². The monoisotopic (exact) mass is 311 g/mol. The number of aromatic nitrogens is 1. The standard InChI is InChI=1S/C5H4ClNOS2.Cl2OS/c1-9-5-7-3(2-10-5)4(6)8;1-4(2)3/h2H,1H3;. The lowest BCUT2D eigenvalue weighted by Gasteiger charge is -1.81. The van der Waals surface area contributed by atoms with Gasteiger partial charge in [-0.05, 0) is 17.9 Å². The number of nitrogens with zero attached hydrogens (tertiary/aromatic N) is 1. The SMILES string of the molecule is CSc1nc(C(=O)Cl)cs1.O=S(Cl)Cl. The molecule has 3 nitrogen and oxygen atoms in total. The third kappa shape index (κ3) is 7.03.